The number of anilines is 1. The lowest BCUT2D eigenvalue weighted by atomic mass is 10.1. The molecule has 2 saturated heterocycles. The molecule has 1 N–H and O–H groups in total. The number of benzene rings is 2. The summed E-state index contributed by atoms with van der Waals surface area (Å²) in [4.78, 5) is 15.5. The van der Waals surface area contributed by atoms with E-state index in [-0.39, 0.29) is 11.9 Å². The Labute approximate surface area is 185 Å². The van der Waals surface area contributed by atoms with Crippen LogP contribution in [0, 0.1) is 5.82 Å². The summed E-state index contributed by atoms with van der Waals surface area (Å²) in [6, 6.07) is 12.6. The van der Waals surface area contributed by atoms with Crippen LogP contribution in [0.15, 0.2) is 48.8 Å². The van der Waals surface area contributed by atoms with Crippen LogP contribution in [0.5, 0.6) is 0 Å². The maximum Gasteiger partial charge on any atom is 0.140 e. The van der Waals surface area contributed by atoms with Crippen LogP contribution < -0.4 is 4.90 Å². The topological polar surface area (TPSA) is 55.7 Å². The van der Waals surface area contributed by atoms with Crippen molar-refractivity contribution >= 4 is 28.3 Å². The minimum Gasteiger partial charge on any atom is -0.390 e. The summed E-state index contributed by atoms with van der Waals surface area (Å²) in [6.07, 6.45) is 1.01. The summed E-state index contributed by atoms with van der Waals surface area (Å²) in [5.74, 6) is 0.445. The van der Waals surface area contributed by atoms with Gasteiger partial charge in [-0.15, -0.1) is 0 Å². The molecule has 1 aromatic heterocycles. The Hall–Kier alpha value is -2.32. The Kier molecular flexibility index (Phi) is 5.75. The first kappa shape index (κ1) is 20.6. The van der Waals surface area contributed by atoms with Crippen molar-refractivity contribution in [3.05, 3.63) is 65.2 Å². The lowest BCUT2D eigenvalue weighted by molar-refractivity contribution is 0.0424. The normalized spacial score (nSPS) is 23.0. The smallest absolute Gasteiger partial charge is 0.140 e. The van der Waals surface area contributed by atoms with Crippen LogP contribution in [0.25, 0.3) is 10.9 Å². The molecule has 0 bridgehead atoms. The van der Waals surface area contributed by atoms with Crippen molar-refractivity contribution in [3.8, 4) is 0 Å². The summed E-state index contributed by atoms with van der Waals surface area (Å²) in [6.45, 7) is 5.87. The SMILES string of the molecule is O[C@H]1CN(c2ncnc3cc(F)ccc23)C[C@@H]1N1CCN(Cc2ccc(Cl)cc2)CC1. The van der Waals surface area contributed by atoms with E-state index in [1.165, 1.54) is 24.0 Å². The van der Waals surface area contributed by atoms with E-state index in [2.05, 4.69) is 36.8 Å². The monoisotopic (exact) mass is 441 g/mol. The number of aliphatic hydroxyl groups is 1. The Morgan fingerprint density at radius 2 is 1.77 bits per heavy atom. The van der Waals surface area contributed by atoms with E-state index in [1.54, 1.807) is 6.07 Å². The molecule has 3 heterocycles. The van der Waals surface area contributed by atoms with Gasteiger partial charge in [-0.25, -0.2) is 14.4 Å². The molecule has 0 spiro atoms. The zero-order valence-electron chi connectivity index (χ0n) is 17.2. The maximum absolute atomic E-state index is 13.6. The Bertz CT molecular complexity index is 1060. The molecule has 8 heteroatoms. The zero-order chi connectivity index (χ0) is 21.4. The molecule has 2 atom stereocenters. The second-order valence-corrected chi connectivity index (χ2v) is 8.77. The molecule has 0 saturated carbocycles. The highest BCUT2D eigenvalue weighted by molar-refractivity contribution is 6.30. The molecule has 162 valence electrons. The van der Waals surface area contributed by atoms with Crippen LogP contribution in [0.4, 0.5) is 10.2 Å². The lowest BCUT2D eigenvalue weighted by Gasteiger charge is -2.38. The minimum atomic E-state index is -0.451. The van der Waals surface area contributed by atoms with Crippen LogP contribution in [-0.2, 0) is 6.54 Å². The molecule has 3 aromatic rings. The molecule has 0 aliphatic carbocycles. The number of halogens is 2. The van der Waals surface area contributed by atoms with Crippen LogP contribution in [-0.4, -0.2) is 76.3 Å². The van der Waals surface area contributed by atoms with Crippen molar-refractivity contribution in [1.82, 2.24) is 19.8 Å². The fourth-order valence-electron chi connectivity index (χ4n) is 4.67. The number of aromatic nitrogens is 2. The molecule has 0 amide bonds. The van der Waals surface area contributed by atoms with Crippen molar-refractivity contribution in [1.29, 1.82) is 0 Å². The van der Waals surface area contributed by atoms with Gasteiger partial charge in [-0.2, -0.15) is 0 Å². The average molecular weight is 442 g/mol. The predicted molar refractivity (Wildman–Crippen MR) is 120 cm³/mol. The Balaban J connectivity index is 1.23. The van der Waals surface area contributed by atoms with E-state index < -0.39 is 6.10 Å². The van der Waals surface area contributed by atoms with Gasteiger partial charge in [0.25, 0.3) is 0 Å². The van der Waals surface area contributed by atoms with Crippen molar-refractivity contribution in [3.63, 3.8) is 0 Å². The summed E-state index contributed by atoms with van der Waals surface area (Å²) in [5, 5.41) is 12.4. The van der Waals surface area contributed by atoms with E-state index >= 15 is 0 Å². The third-order valence-corrected chi connectivity index (χ3v) is 6.58. The van der Waals surface area contributed by atoms with Crippen molar-refractivity contribution in [2.75, 3.05) is 44.2 Å². The number of nitrogens with zero attached hydrogens (tertiary/aromatic N) is 5. The van der Waals surface area contributed by atoms with Crippen molar-refractivity contribution < 1.29 is 9.50 Å². The quantitative estimate of drug-likeness (QED) is 0.672. The van der Waals surface area contributed by atoms with Crippen LogP contribution in [0.1, 0.15) is 5.56 Å². The number of fused-ring (bicyclic) bond motifs is 1. The van der Waals surface area contributed by atoms with Crippen molar-refractivity contribution in [2.45, 2.75) is 18.7 Å². The Morgan fingerprint density at radius 1 is 1.00 bits per heavy atom. The molecular weight excluding hydrogens is 417 g/mol. The first-order valence-corrected chi connectivity index (χ1v) is 11.0. The van der Waals surface area contributed by atoms with E-state index in [1.807, 2.05) is 12.1 Å². The van der Waals surface area contributed by atoms with Crippen LogP contribution in [0.3, 0.4) is 0 Å². The fraction of sp³-hybridized carbons (Fsp3) is 0.391. The third kappa shape index (κ3) is 4.36. The molecular formula is C23H25ClFN5O. The molecule has 2 fully saturated rings. The van der Waals surface area contributed by atoms with Gasteiger partial charge in [-0.3, -0.25) is 9.80 Å². The number of hydrogen-bond donors (Lipinski definition) is 1. The van der Waals surface area contributed by atoms with E-state index in [0.29, 0.717) is 18.6 Å². The van der Waals surface area contributed by atoms with Gasteiger partial charge in [-0.05, 0) is 29.8 Å². The van der Waals surface area contributed by atoms with E-state index in [4.69, 9.17) is 11.6 Å². The first-order chi connectivity index (χ1) is 15.1. The number of aliphatic hydroxyl groups excluding tert-OH is 1. The minimum absolute atomic E-state index is 0.0585. The van der Waals surface area contributed by atoms with Gasteiger partial charge in [0.05, 0.1) is 17.7 Å². The fourth-order valence-corrected chi connectivity index (χ4v) is 4.80. The average Bonchev–Trinajstić information content (AvgIpc) is 3.16. The van der Waals surface area contributed by atoms with Gasteiger partial charge in [0.2, 0.25) is 0 Å². The van der Waals surface area contributed by atoms with Gasteiger partial charge in [0.15, 0.2) is 0 Å². The molecule has 31 heavy (non-hydrogen) atoms. The molecule has 2 aromatic carbocycles. The molecule has 0 unspecified atom stereocenters. The number of piperazine rings is 1. The summed E-state index contributed by atoms with van der Waals surface area (Å²) in [5.41, 5.74) is 1.84. The molecule has 2 aliphatic rings. The van der Waals surface area contributed by atoms with Crippen LogP contribution in [0.2, 0.25) is 5.02 Å². The zero-order valence-corrected chi connectivity index (χ0v) is 17.9. The van der Waals surface area contributed by atoms with Gasteiger partial charge < -0.3 is 10.0 Å². The molecule has 0 radical (unpaired) electrons. The lowest BCUT2D eigenvalue weighted by Crippen LogP contribution is -2.53. The van der Waals surface area contributed by atoms with Crippen molar-refractivity contribution in [2.24, 2.45) is 0 Å². The summed E-state index contributed by atoms with van der Waals surface area (Å²) < 4.78 is 13.6. The largest absolute Gasteiger partial charge is 0.390 e. The second kappa shape index (κ2) is 8.67. The highest BCUT2D eigenvalue weighted by Crippen LogP contribution is 2.28. The Morgan fingerprint density at radius 3 is 2.55 bits per heavy atom. The highest BCUT2D eigenvalue weighted by atomic mass is 35.5. The summed E-state index contributed by atoms with van der Waals surface area (Å²) >= 11 is 5.98. The predicted octanol–water partition coefficient (Wildman–Crippen LogP) is 2.79. The van der Waals surface area contributed by atoms with Crippen LogP contribution >= 0.6 is 11.6 Å². The maximum atomic E-state index is 13.6. The molecule has 6 nitrogen and oxygen atoms in total. The van der Waals surface area contributed by atoms with Gasteiger partial charge >= 0.3 is 0 Å². The third-order valence-electron chi connectivity index (χ3n) is 6.33. The standard InChI is InChI=1S/C23H25ClFN5O/c24-17-3-1-16(2-4-17)12-28-7-9-29(10-8-28)21-13-30(14-22(21)31)23-19-6-5-18(25)11-20(19)26-15-27-23/h1-6,11,15,21-22,31H,7-10,12-14H2/t21-,22-/m0/s1. The second-order valence-electron chi connectivity index (χ2n) is 8.34. The van der Waals surface area contributed by atoms with Gasteiger partial charge in [-0.1, -0.05) is 23.7 Å². The molecule has 2 aliphatic heterocycles. The number of hydrogen-bond acceptors (Lipinski definition) is 6. The number of rotatable bonds is 4. The molecule has 5 rings (SSSR count). The van der Waals surface area contributed by atoms with Gasteiger partial charge in [0, 0.05) is 62.3 Å². The van der Waals surface area contributed by atoms with E-state index in [0.717, 1.165) is 49.0 Å². The van der Waals surface area contributed by atoms with E-state index in [9.17, 15) is 9.50 Å². The summed E-state index contributed by atoms with van der Waals surface area (Å²) in [7, 11) is 0. The van der Waals surface area contributed by atoms with Gasteiger partial charge in [0.1, 0.15) is 18.0 Å². The first-order valence-electron chi connectivity index (χ1n) is 10.6. The number of β-amino-alcohol motifs (C(OH)–C–C–N with tert-alkyl or cyclic N) is 1. The highest BCUT2D eigenvalue weighted by Gasteiger charge is 2.37.